The Bertz CT molecular complexity index is 773. The van der Waals surface area contributed by atoms with Crippen molar-refractivity contribution in [1.82, 2.24) is 4.98 Å². The maximum atomic E-state index is 13.3. The van der Waals surface area contributed by atoms with E-state index in [1.807, 2.05) is 6.07 Å². The van der Waals surface area contributed by atoms with Crippen molar-refractivity contribution in [3.8, 4) is 17.3 Å². The molecule has 0 unspecified atom stereocenters. The van der Waals surface area contributed by atoms with Gasteiger partial charge in [0.25, 0.3) is 0 Å². The Hall–Kier alpha value is -1.78. The highest BCUT2D eigenvalue weighted by Gasteiger charge is 2.58. The van der Waals surface area contributed by atoms with Gasteiger partial charge in [0.15, 0.2) is 0 Å². The highest BCUT2D eigenvalue weighted by atomic mass is 35.5. The molecule has 1 heterocycles. The van der Waals surface area contributed by atoms with Gasteiger partial charge in [0.05, 0.1) is 23.0 Å². The molecular weight excluding hydrogens is 374 g/mol. The van der Waals surface area contributed by atoms with E-state index < -0.39 is 17.7 Å². The van der Waals surface area contributed by atoms with Gasteiger partial charge >= 0.3 is 12.1 Å². The fourth-order valence-electron chi connectivity index (χ4n) is 2.20. The Balaban J connectivity index is 2.50. The highest BCUT2D eigenvalue weighted by Crippen LogP contribution is 2.44. The predicted octanol–water partition coefficient (Wildman–Crippen LogP) is 5.69. The Morgan fingerprint density at radius 2 is 1.58 bits per heavy atom. The molecule has 0 fully saturated rings. The molecule has 2 rings (SSSR count). The topological polar surface area (TPSA) is 39.6 Å². The van der Waals surface area contributed by atoms with Gasteiger partial charge in [-0.25, -0.2) is 0 Å². The van der Waals surface area contributed by atoms with Crippen molar-refractivity contribution in [3.05, 3.63) is 46.6 Å². The van der Waals surface area contributed by atoms with Crippen LogP contribution in [0.4, 0.5) is 22.0 Å². The average molecular weight is 383 g/mol. The van der Waals surface area contributed by atoms with Gasteiger partial charge in [-0.3, -0.25) is 0 Å². The number of halogens is 7. The van der Waals surface area contributed by atoms with E-state index in [2.05, 4.69) is 4.98 Å². The van der Waals surface area contributed by atoms with Crippen LogP contribution in [0.1, 0.15) is 22.4 Å². The number of nitriles is 1. The van der Waals surface area contributed by atoms with Crippen LogP contribution in [-0.4, -0.2) is 11.2 Å². The molecule has 1 aromatic carbocycles. The second-order valence-corrected chi connectivity index (χ2v) is 5.40. The standard InChI is InChI=1S/C15H9Cl2F5N2/c16-5-10-11(7-23)13(24-12(10)6-17)8-1-3-9(4-2-8)14(18,19)15(20,21)22/h1-4,24H,5-6H2. The van der Waals surface area contributed by atoms with Gasteiger partial charge in [0.2, 0.25) is 0 Å². The lowest BCUT2D eigenvalue weighted by atomic mass is 10.0. The smallest absolute Gasteiger partial charge is 0.356 e. The van der Waals surface area contributed by atoms with E-state index in [4.69, 9.17) is 23.2 Å². The molecule has 1 aromatic heterocycles. The molecule has 0 saturated carbocycles. The van der Waals surface area contributed by atoms with Crippen LogP contribution in [0.5, 0.6) is 0 Å². The summed E-state index contributed by atoms with van der Waals surface area (Å²) < 4.78 is 63.7. The number of nitrogens with zero attached hydrogens (tertiary/aromatic N) is 1. The Kier molecular flexibility index (Phi) is 5.11. The molecule has 0 saturated heterocycles. The molecule has 128 valence electrons. The number of aromatic amines is 1. The number of hydrogen-bond acceptors (Lipinski definition) is 1. The molecule has 1 N–H and O–H groups in total. The van der Waals surface area contributed by atoms with Crippen LogP contribution in [0.2, 0.25) is 0 Å². The quantitative estimate of drug-likeness (QED) is 0.535. The van der Waals surface area contributed by atoms with Crippen LogP contribution >= 0.6 is 23.2 Å². The van der Waals surface area contributed by atoms with Gasteiger partial charge < -0.3 is 4.98 Å². The fourth-order valence-corrected chi connectivity index (χ4v) is 2.72. The van der Waals surface area contributed by atoms with Crippen LogP contribution in [0.3, 0.4) is 0 Å². The Morgan fingerprint density at radius 3 is 2.00 bits per heavy atom. The summed E-state index contributed by atoms with van der Waals surface area (Å²) >= 11 is 11.5. The van der Waals surface area contributed by atoms with E-state index >= 15 is 0 Å². The zero-order valence-corrected chi connectivity index (χ0v) is 13.3. The number of alkyl halides is 7. The third-order valence-corrected chi connectivity index (χ3v) is 4.00. The first kappa shape index (κ1) is 18.6. The molecule has 0 amide bonds. The average Bonchev–Trinajstić information content (AvgIpc) is 2.91. The number of benzene rings is 1. The molecule has 0 aliphatic carbocycles. The van der Waals surface area contributed by atoms with Crippen LogP contribution in [0, 0.1) is 11.3 Å². The summed E-state index contributed by atoms with van der Waals surface area (Å²) in [4.78, 5) is 2.86. The lowest BCUT2D eigenvalue weighted by Gasteiger charge is -2.19. The molecule has 2 nitrogen and oxygen atoms in total. The maximum absolute atomic E-state index is 13.3. The van der Waals surface area contributed by atoms with Gasteiger partial charge in [0.1, 0.15) is 6.07 Å². The minimum absolute atomic E-state index is 0.00563. The zero-order chi connectivity index (χ0) is 18.1. The van der Waals surface area contributed by atoms with E-state index in [0.717, 1.165) is 12.1 Å². The number of aromatic nitrogens is 1. The van der Waals surface area contributed by atoms with E-state index in [1.54, 1.807) is 0 Å². The molecule has 0 spiro atoms. The summed E-state index contributed by atoms with van der Waals surface area (Å²) in [7, 11) is 0. The molecular formula is C15H9Cl2F5N2. The lowest BCUT2D eigenvalue weighted by molar-refractivity contribution is -0.289. The third-order valence-electron chi connectivity index (χ3n) is 3.46. The summed E-state index contributed by atoms with van der Waals surface area (Å²) in [5.74, 6) is -4.91. The summed E-state index contributed by atoms with van der Waals surface area (Å²) in [5, 5.41) is 9.25. The van der Waals surface area contributed by atoms with Gasteiger partial charge in [-0.2, -0.15) is 27.2 Å². The second-order valence-electron chi connectivity index (χ2n) is 4.86. The molecule has 2 aromatic rings. The Morgan fingerprint density at radius 1 is 1.00 bits per heavy atom. The number of hydrogen-bond donors (Lipinski definition) is 1. The first-order valence-corrected chi connectivity index (χ1v) is 7.55. The number of H-pyrrole nitrogens is 1. The monoisotopic (exact) mass is 382 g/mol. The summed E-state index contributed by atoms with van der Waals surface area (Å²) in [6.07, 6.45) is -5.68. The van der Waals surface area contributed by atoms with E-state index in [0.29, 0.717) is 23.4 Å². The van der Waals surface area contributed by atoms with Crippen molar-refractivity contribution in [1.29, 1.82) is 5.26 Å². The molecule has 0 atom stereocenters. The van der Waals surface area contributed by atoms with Crippen molar-refractivity contribution >= 4 is 23.2 Å². The van der Waals surface area contributed by atoms with Crippen LogP contribution in [0.15, 0.2) is 24.3 Å². The highest BCUT2D eigenvalue weighted by molar-refractivity contribution is 6.19. The SMILES string of the molecule is N#Cc1c(-c2ccc(C(F)(F)C(F)(F)F)cc2)[nH]c(CCl)c1CCl. The number of nitrogens with one attached hydrogen (secondary N) is 1. The fraction of sp³-hybridized carbons (Fsp3) is 0.267. The van der Waals surface area contributed by atoms with Crippen LogP contribution in [-0.2, 0) is 17.7 Å². The van der Waals surface area contributed by atoms with Crippen LogP contribution in [0.25, 0.3) is 11.3 Å². The van der Waals surface area contributed by atoms with E-state index in [-0.39, 0.29) is 28.6 Å². The van der Waals surface area contributed by atoms with Gasteiger partial charge in [-0.05, 0) is 5.56 Å². The van der Waals surface area contributed by atoms with E-state index in [9.17, 15) is 27.2 Å². The largest absolute Gasteiger partial charge is 0.458 e. The summed E-state index contributed by atoms with van der Waals surface area (Å²) in [6, 6.07) is 5.44. The molecule has 9 heteroatoms. The lowest BCUT2D eigenvalue weighted by Crippen LogP contribution is -2.33. The van der Waals surface area contributed by atoms with E-state index in [1.165, 1.54) is 0 Å². The van der Waals surface area contributed by atoms with Gasteiger partial charge in [0, 0.05) is 16.8 Å². The normalized spacial score (nSPS) is 12.2. The molecule has 0 aliphatic rings. The molecule has 0 bridgehead atoms. The van der Waals surface area contributed by atoms with Crippen LogP contribution < -0.4 is 0 Å². The molecule has 24 heavy (non-hydrogen) atoms. The van der Waals surface area contributed by atoms with Gasteiger partial charge in [-0.1, -0.05) is 24.3 Å². The van der Waals surface area contributed by atoms with Gasteiger partial charge in [-0.15, -0.1) is 23.2 Å². The van der Waals surface area contributed by atoms with Crippen molar-refractivity contribution in [2.24, 2.45) is 0 Å². The minimum atomic E-state index is -5.68. The summed E-state index contributed by atoms with van der Waals surface area (Å²) in [6.45, 7) is 0. The first-order valence-electron chi connectivity index (χ1n) is 6.48. The van der Waals surface area contributed by atoms with Crippen molar-refractivity contribution < 1.29 is 22.0 Å². The van der Waals surface area contributed by atoms with Crippen molar-refractivity contribution in [3.63, 3.8) is 0 Å². The molecule has 0 aliphatic heterocycles. The second kappa shape index (κ2) is 6.61. The minimum Gasteiger partial charge on any atom is -0.356 e. The maximum Gasteiger partial charge on any atom is 0.458 e. The first-order chi connectivity index (χ1) is 11.2. The molecule has 0 radical (unpaired) electrons. The predicted molar refractivity (Wildman–Crippen MR) is 80.0 cm³/mol. The van der Waals surface area contributed by atoms with Crippen molar-refractivity contribution in [2.45, 2.75) is 23.9 Å². The Labute approximate surface area is 143 Å². The third kappa shape index (κ3) is 3.08. The summed E-state index contributed by atoms with van der Waals surface area (Å²) in [5.41, 5.74) is 0.494. The zero-order valence-electron chi connectivity index (χ0n) is 11.8. The number of rotatable bonds is 4. The van der Waals surface area contributed by atoms with Crippen molar-refractivity contribution in [2.75, 3.05) is 0 Å².